The lowest BCUT2D eigenvalue weighted by atomic mass is 10.1. The number of thiazole rings is 1. The number of ether oxygens (including phenoxy) is 1. The zero-order chi connectivity index (χ0) is 20.8. The topological polar surface area (TPSA) is 76.1 Å². The average molecular weight is 417 g/mol. The summed E-state index contributed by atoms with van der Waals surface area (Å²) < 4.78 is 5.19. The molecule has 4 rings (SSSR count). The molecule has 30 heavy (non-hydrogen) atoms. The summed E-state index contributed by atoms with van der Waals surface area (Å²) in [4.78, 5) is 21.4. The number of methoxy groups -OCH3 is 1. The molecule has 2 aromatic heterocycles. The van der Waals surface area contributed by atoms with Gasteiger partial charge in [-0.05, 0) is 48.5 Å². The molecule has 1 amide bonds. The van der Waals surface area contributed by atoms with Crippen LogP contribution in [0, 0.1) is 0 Å². The number of aromatic nitrogens is 2. The standard InChI is InChI=1S/C23H20N4O2S/c1-29-18-8-6-17(7-9-18)26-20-5-3-2-4-19(20)23(28)25-14-22-27-21(15-30-22)16-10-12-24-13-11-16/h2-13,15,26H,14H2,1H3,(H,25,28). The van der Waals surface area contributed by atoms with Gasteiger partial charge in [-0.1, -0.05) is 12.1 Å². The van der Waals surface area contributed by atoms with E-state index in [-0.39, 0.29) is 5.91 Å². The third-order valence-electron chi connectivity index (χ3n) is 4.47. The number of benzene rings is 2. The van der Waals surface area contributed by atoms with E-state index in [1.165, 1.54) is 11.3 Å². The van der Waals surface area contributed by atoms with Crippen molar-refractivity contribution in [1.29, 1.82) is 0 Å². The van der Waals surface area contributed by atoms with Crippen LogP contribution in [0.2, 0.25) is 0 Å². The molecular weight excluding hydrogens is 396 g/mol. The monoisotopic (exact) mass is 416 g/mol. The first-order valence-corrected chi connectivity index (χ1v) is 10.2. The molecule has 7 heteroatoms. The van der Waals surface area contributed by atoms with Crippen molar-refractivity contribution >= 4 is 28.6 Å². The minimum absolute atomic E-state index is 0.160. The van der Waals surface area contributed by atoms with Gasteiger partial charge in [-0.15, -0.1) is 11.3 Å². The van der Waals surface area contributed by atoms with Crippen LogP contribution in [0.25, 0.3) is 11.3 Å². The summed E-state index contributed by atoms with van der Waals surface area (Å²) >= 11 is 1.52. The minimum atomic E-state index is -0.160. The number of rotatable bonds is 7. The molecule has 0 unspecified atom stereocenters. The first kappa shape index (κ1) is 19.6. The molecule has 0 bridgehead atoms. The van der Waals surface area contributed by atoms with Crippen LogP contribution < -0.4 is 15.4 Å². The number of carbonyl (C=O) groups is 1. The highest BCUT2D eigenvalue weighted by molar-refractivity contribution is 7.09. The summed E-state index contributed by atoms with van der Waals surface area (Å²) in [6, 6.07) is 18.8. The van der Waals surface area contributed by atoms with Crippen LogP contribution in [0.3, 0.4) is 0 Å². The van der Waals surface area contributed by atoms with E-state index in [0.717, 1.165) is 33.4 Å². The summed E-state index contributed by atoms with van der Waals surface area (Å²) in [6.07, 6.45) is 3.48. The quantitative estimate of drug-likeness (QED) is 0.449. The van der Waals surface area contributed by atoms with Gasteiger partial charge in [-0.25, -0.2) is 4.98 Å². The number of hydrogen-bond donors (Lipinski definition) is 2. The van der Waals surface area contributed by atoms with E-state index in [1.54, 1.807) is 25.6 Å². The van der Waals surface area contributed by atoms with Gasteiger partial charge < -0.3 is 15.4 Å². The maximum Gasteiger partial charge on any atom is 0.253 e. The molecule has 0 saturated carbocycles. The van der Waals surface area contributed by atoms with Gasteiger partial charge >= 0.3 is 0 Å². The molecule has 4 aromatic rings. The molecule has 2 heterocycles. The Bertz CT molecular complexity index is 1130. The van der Waals surface area contributed by atoms with Gasteiger partial charge in [0.2, 0.25) is 0 Å². The van der Waals surface area contributed by atoms with E-state index in [2.05, 4.69) is 20.6 Å². The molecule has 2 N–H and O–H groups in total. The number of pyridine rings is 1. The van der Waals surface area contributed by atoms with Crippen molar-refractivity contribution in [3.63, 3.8) is 0 Å². The van der Waals surface area contributed by atoms with E-state index in [1.807, 2.05) is 60.0 Å². The van der Waals surface area contributed by atoms with Crippen LogP contribution >= 0.6 is 11.3 Å². The first-order chi connectivity index (χ1) is 14.7. The average Bonchev–Trinajstić information content (AvgIpc) is 3.28. The van der Waals surface area contributed by atoms with Crippen molar-refractivity contribution in [3.05, 3.63) is 89.0 Å². The van der Waals surface area contributed by atoms with Crippen molar-refractivity contribution in [2.75, 3.05) is 12.4 Å². The van der Waals surface area contributed by atoms with Crippen LogP contribution in [0.5, 0.6) is 5.75 Å². The first-order valence-electron chi connectivity index (χ1n) is 9.36. The highest BCUT2D eigenvalue weighted by atomic mass is 32.1. The van der Waals surface area contributed by atoms with Gasteiger partial charge in [0.1, 0.15) is 10.8 Å². The van der Waals surface area contributed by atoms with Crippen molar-refractivity contribution < 1.29 is 9.53 Å². The number of anilines is 2. The molecule has 150 valence electrons. The van der Waals surface area contributed by atoms with Crippen LogP contribution in [0.4, 0.5) is 11.4 Å². The zero-order valence-electron chi connectivity index (χ0n) is 16.3. The SMILES string of the molecule is COc1ccc(Nc2ccccc2C(=O)NCc2nc(-c3ccncc3)cs2)cc1. The van der Waals surface area contributed by atoms with E-state index >= 15 is 0 Å². The Balaban J connectivity index is 1.43. The normalized spacial score (nSPS) is 10.4. The molecule has 6 nitrogen and oxygen atoms in total. The Hall–Kier alpha value is -3.71. The Labute approximate surface area is 178 Å². The Kier molecular flexibility index (Phi) is 6.01. The molecule has 0 aliphatic carbocycles. The van der Waals surface area contributed by atoms with Crippen molar-refractivity contribution in [3.8, 4) is 17.0 Å². The number of hydrogen-bond acceptors (Lipinski definition) is 6. The van der Waals surface area contributed by atoms with Crippen molar-refractivity contribution in [2.45, 2.75) is 6.54 Å². The summed E-state index contributed by atoms with van der Waals surface area (Å²) in [6.45, 7) is 0.367. The fourth-order valence-corrected chi connectivity index (χ4v) is 3.66. The lowest BCUT2D eigenvalue weighted by molar-refractivity contribution is 0.0951. The Morgan fingerprint density at radius 2 is 1.80 bits per heavy atom. The highest BCUT2D eigenvalue weighted by Gasteiger charge is 2.12. The maximum atomic E-state index is 12.8. The van der Waals surface area contributed by atoms with E-state index in [9.17, 15) is 4.79 Å². The van der Waals surface area contributed by atoms with Crippen LogP contribution in [0.1, 0.15) is 15.4 Å². The molecular formula is C23H20N4O2S. The van der Waals surface area contributed by atoms with Gasteiger partial charge in [-0.2, -0.15) is 0 Å². The number of carbonyl (C=O) groups excluding carboxylic acids is 1. The molecule has 0 radical (unpaired) electrons. The van der Waals surface area contributed by atoms with Crippen LogP contribution in [0.15, 0.2) is 78.4 Å². The fraction of sp³-hybridized carbons (Fsp3) is 0.0870. The van der Waals surface area contributed by atoms with Crippen molar-refractivity contribution in [1.82, 2.24) is 15.3 Å². The number of para-hydroxylation sites is 1. The zero-order valence-corrected chi connectivity index (χ0v) is 17.1. The van der Waals surface area contributed by atoms with E-state index in [4.69, 9.17) is 4.74 Å². The summed E-state index contributed by atoms with van der Waals surface area (Å²) in [5, 5.41) is 9.08. The van der Waals surface area contributed by atoms with Crippen LogP contribution in [-0.2, 0) is 6.54 Å². The molecule has 0 atom stereocenters. The van der Waals surface area contributed by atoms with Gasteiger partial charge in [0.05, 0.1) is 30.6 Å². The smallest absolute Gasteiger partial charge is 0.253 e. The molecule has 0 saturated heterocycles. The van der Waals surface area contributed by atoms with Gasteiger partial charge in [0, 0.05) is 29.0 Å². The molecule has 0 aliphatic heterocycles. The largest absolute Gasteiger partial charge is 0.497 e. The fourth-order valence-electron chi connectivity index (χ4n) is 2.92. The van der Waals surface area contributed by atoms with E-state index in [0.29, 0.717) is 12.1 Å². The minimum Gasteiger partial charge on any atom is -0.497 e. The molecule has 2 aromatic carbocycles. The van der Waals surface area contributed by atoms with Gasteiger partial charge in [0.25, 0.3) is 5.91 Å². The van der Waals surface area contributed by atoms with Gasteiger partial charge in [-0.3, -0.25) is 9.78 Å². The van der Waals surface area contributed by atoms with Crippen LogP contribution in [-0.4, -0.2) is 23.0 Å². The third kappa shape index (κ3) is 4.64. The van der Waals surface area contributed by atoms with E-state index < -0.39 is 0 Å². The van der Waals surface area contributed by atoms with Gasteiger partial charge in [0.15, 0.2) is 0 Å². The second kappa shape index (κ2) is 9.19. The third-order valence-corrected chi connectivity index (χ3v) is 5.32. The Morgan fingerprint density at radius 3 is 2.57 bits per heavy atom. The number of nitrogens with zero attached hydrogens (tertiary/aromatic N) is 2. The number of nitrogens with one attached hydrogen (secondary N) is 2. The highest BCUT2D eigenvalue weighted by Crippen LogP contribution is 2.24. The lowest BCUT2D eigenvalue weighted by Crippen LogP contribution is -2.23. The predicted octanol–water partition coefficient (Wildman–Crippen LogP) is 4.89. The second-order valence-electron chi connectivity index (χ2n) is 6.44. The predicted molar refractivity (Wildman–Crippen MR) is 119 cm³/mol. The maximum absolute atomic E-state index is 12.8. The summed E-state index contributed by atoms with van der Waals surface area (Å²) in [5.41, 5.74) is 4.06. The second-order valence-corrected chi connectivity index (χ2v) is 7.39. The van der Waals surface area contributed by atoms with Crippen molar-refractivity contribution in [2.24, 2.45) is 0 Å². The lowest BCUT2D eigenvalue weighted by Gasteiger charge is -2.12. The summed E-state index contributed by atoms with van der Waals surface area (Å²) in [5.74, 6) is 0.619. The number of amides is 1. The molecule has 0 spiro atoms. The molecule has 0 aliphatic rings. The summed E-state index contributed by atoms with van der Waals surface area (Å²) in [7, 11) is 1.63. The Morgan fingerprint density at radius 1 is 1.03 bits per heavy atom. The molecule has 0 fully saturated rings.